The number of guanidine groups is 1. The molecule has 2 heterocycles. The number of aliphatic hydroxyl groups is 1. The normalized spacial score (nSPS) is 22.9. The first-order chi connectivity index (χ1) is 12.6. The average molecular weight is 489 g/mol. The van der Waals surface area contributed by atoms with E-state index in [0.29, 0.717) is 39.2 Å². The van der Waals surface area contributed by atoms with Crippen LogP contribution >= 0.6 is 24.0 Å². The van der Waals surface area contributed by atoms with Gasteiger partial charge in [-0.1, -0.05) is 24.3 Å². The van der Waals surface area contributed by atoms with Crippen molar-refractivity contribution in [3.63, 3.8) is 0 Å². The maximum Gasteiger partial charge on any atom is 0.194 e. The summed E-state index contributed by atoms with van der Waals surface area (Å²) in [6.07, 6.45) is 1.33. The van der Waals surface area contributed by atoms with Crippen molar-refractivity contribution in [1.29, 1.82) is 0 Å². The standard InChI is InChI=1S/C20H31N3O3.HI/c1-3-21-19(22-15-20(24)8-11-25-12-9-20)23-10-13-26-18(14-23)17-7-5-4-6-16(17)2;/h4-7,18,24H,3,8-15H2,1-2H3,(H,21,22);1H. The highest BCUT2D eigenvalue weighted by Gasteiger charge is 2.31. The molecule has 3 rings (SSSR count). The third-order valence-electron chi connectivity index (χ3n) is 5.18. The molecule has 2 saturated heterocycles. The minimum Gasteiger partial charge on any atom is -0.388 e. The van der Waals surface area contributed by atoms with Crippen LogP contribution in [0.25, 0.3) is 0 Å². The predicted octanol–water partition coefficient (Wildman–Crippen LogP) is 2.49. The second kappa shape index (κ2) is 10.6. The van der Waals surface area contributed by atoms with E-state index in [-0.39, 0.29) is 30.1 Å². The van der Waals surface area contributed by atoms with Gasteiger partial charge in [0.05, 0.1) is 25.3 Å². The molecular weight excluding hydrogens is 457 g/mol. The van der Waals surface area contributed by atoms with Crippen molar-refractivity contribution in [2.75, 3.05) is 46.0 Å². The zero-order valence-electron chi connectivity index (χ0n) is 16.3. The van der Waals surface area contributed by atoms with E-state index in [1.807, 2.05) is 0 Å². The highest BCUT2D eigenvalue weighted by atomic mass is 127. The number of halogens is 1. The highest BCUT2D eigenvalue weighted by molar-refractivity contribution is 14.0. The van der Waals surface area contributed by atoms with Crippen LogP contribution in [0.3, 0.4) is 0 Å². The lowest BCUT2D eigenvalue weighted by Gasteiger charge is -2.36. The van der Waals surface area contributed by atoms with Crippen molar-refractivity contribution in [2.45, 2.75) is 38.4 Å². The molecule has 0 aromatic heterocycles. The number of nitrogens with zero attached hydrogens (tertiary/aromatic N) is 2. The van der Waals surface area contributed by atoms with E-state index < -0.39 is 5.60 Å². The fourth-order valence-electron chi connectivity index (χ4n) is 3.54. The van der Waals surface area contributed by atoms with Crippen LogP contribution in [0, 0.1) is 6.92 Å². The maximum atomic E-state index is 10.7. The second-order valence-electron chi connectivity index (χ2n) is 7.17. The van der Waals surface area contributed by atoms with E-state index in [1.165, 1.54) is 11.1 Å². The number of hydrogen-bond acceptors (Lipinski definition) is 4. The van der Waals surface area contributed by atoms with E-state index in [1.54, 1.807) is 0 Å². The van der Waals surface area contributed by atoms with Crippen LogP contribution in [-0.2, 0) is 9.47 Å². The van der Waals surface area contributed by atoms with Gasteiger partial charge in [0, 0.05) is 39.1 Å². The summed E-state index contributed by atoms with van der Waals surface area (Å²) >= 11 is 0. The van der Waals surface area contributed by atoms with Crippen LogP contribution in [0.1, 0.15) is 37.0 Å². The van der Waals surface area contributed by atoms with Crippen LogP contribution in [0.5, 0.6) is 0 Å². The molecule has 1 unspecified atom stereocenters. The molecule has 7 heteroatoms. The lowest BCUT2D eigenvalue weighted by Crippen LogP contribution is -2.49. The van der Waals surface area contributed by atoms with E-state index in [4.69, 9.17) is 14.5 Å². The van der Waals surface area contributed by atoms with Gasteiger partial charge in [0.25, 0.3) is 0 Å². The first-order valence-corrected chi connectivity index (χ1v) is 9.62. The summed E-state index contributed by atoms with van der Waals surface area (Å²) in [7, 11) is 0. The third-order valence-corrected chi connectivity index (χ3v) is 5.18. The Morgan fingerprint density at radius 1 is 1.30 bits per heavy atom. The molecule has 152 valence electrons. The number of nitrogens with one attached hydrogen (secondary N) is 1. The van der Waals surface area contributed by atoms with Gasteiger partial charge in [-0.3, -0.25) is 4.99 Å². The molecule has 2 aliphatic rings. The summed E-state index contributed by atoms with van der Waals surface area (Å²) in [6, 6.07) is 8.38. The summed E-state index contributed by atoms with van der Waals surface area (Å²) in [5.41, 5.74) is 1.73. The quantitative estimate of drug-likeness (QED) is 0.387. The van der Waals surface area contributed by atoms with E-state index in [9.17, 15) is 5.11 Å². The number of morpholine rings is 1. The molecular formula is C20H32IN3O3. The Morgan fingerprint density at radius 2 is 2.04 bits per heavy atom. The van der Waals surface area contributed by atoms with Gasteiger partial charge in [0.2, 0.25) is 0 Å². The zero-order chi connectivity index (χ0) is 18.4. The van der Waals surface area contributed by atoms with Gasteiger partial charge in [-0.05, 0) is 25.0 Å². The molecule has 27 heavy (non-hydrogen) atoms. The van der Waals surface area contributed by atoms with Crippen molar-refractivity contribution in [2.24, 2.45) is 4.99 Å². The fraction of sp³-hybridized carbons (Fsp3) is 0.650. The first-order valence-electron chi connectivity index (χ1n) is 9.62. The highest BCUT2D eigenvalue weighted by Crippen LogP contribution is 2.25. The van der Waals surface area contributed by atoms with Crippen LogP contribution < -0.4 is 5.32 Å². The van der Waals surface area contributed by atoms with Crippen LogP contribution in [0.2, 0.25) is 0 Å². The fourth-order valence-corrected chi connectivity index (χ4v) is 3.54. The van der Waals surface area contributed by atoms with Gasteiger partial charge in [0.1, 0.15) is 6.10 Å². The van der Waals surface area contributed by atoms with Gasteiger partial charge in [0.15, 0.2) is 5.96 Å². The van der Waals surface area contributed by atoms with Crippen molar-refractivity contribution >= 4 is 29.9 Å². The first kappa shape index (κ1) is 22.4. The Hall–Kier alpha value is -0.900. The molecule has 1 aromatic carbocycles. The van der Waals surface area contributed by atoms with Crippen LogP contribution in [-0.4, -0.2) is 67.6 Å². The molecule has 2 fully saturated rings. The number of hydrogen-bond donors (Lipinski definition) is 2. The summed E-state index contributed by atoms with van der Waals surface area (Å²) in [5, 5.41) is 14.1. The maximum absolute atomic E-state index is 10.7. The van der Waals surface area contributed by atoms with Gasteiger partial charge in [-0.25, -0.2) is 0 Å². The molecule has 1 atom stereocenters. The van der Waals surface area contributed by atoms with E-state index in [0.717, 1.165) is 25.6 Å². The second-order valence-corrected chi connectivity index (χ2v) is 7.17. The van der Waals surface area contributed by atoms with Gasteiger partial charge < -0.3 is 24.8 Å². The molecule has 2 aliphatic heterocycles. The summed E-state index contributed by atoms with van der Waals surface area (Å²) < 4.78 is 11.4. The van der Waals surface area contributed by atoms with E-state index in [2.05, 4.69) is 48.3 Å². The third kappa shape index (κ3) is 6.04. The minimum atomic E-state index is -0.749. The number of benzene rings is 1. The minimum absolute atomic E-state index is 0. The Balaban J connectivity index is 0.00000261. The Morgan fingerprint density at radius 3 is 2.74 bits per heavy atom. The monoisotopic (exact) mass is 489 g/mol. The number of rotatable bonds is 4. The number of aliphatic imine (C=N–C) groups is 1. The Labute approximate surface area is 179 Å². The summed E-state index contributed by atoms with van der Waals surface area (Å²) in [6.45, 7) is 8.84. The molecule has 0 amide bonds. The topological polar surface area (TPSA) is 66.3 Å². The zero-order valence-corrected chi connectivity index (χ0v) is 18.6. The molecule has 1 aromatic rings. The molecule has 0 spiro atoms. The molecule has 0 bridgehead atoms. The Kier molecular flexibility index (Phi) is 8.78. The summed E-state index contributed by atoms with van der Waals surface area (Å²) in [5.74, 6) is 0.856. The SMILES string of the molecule is CCNC(=NCC1(O)CCOCC1)N1CCOC(c2ccccc2C)C1.I. The predicted molar refractivity (Wildman–Crippen MR) is 118 cm³/mol. The van der Waals surface area contributed by atoms with Gasteiger partial charge in [-0.15, -0.1) is 24.0 Å². The summed E-state index contributed by atoms with van der Waals surface area (Å²) in [4.78, 5) is 7.00. The van der Waals surface area contributed by atoms with Gasteiger partial charge in [-0.2, -0.15) is 0 Å². The van der Waals surface area contributed by atoms with Crippen molar-refractivity contribution in [3.8, 4) is 0 Å². The smallest absolute Gasteiger partial charge is 0.194 e. The number of aryl methyl sites for hydroxylation is 1. The van der Waals surface area contributed by atoms with Crippen LogP contribution in [0.4, 0.5) is 0 Å². The lowest BCUT2D eigenvalue weighted by molar-refractivity contribution is -0.0568. The largest absolute Gasteiger partial charge is 0.388 e. The molecule has 2 N–H and O–H groups in total. The van der Waals surface area contributed by atoms with Crippen molar-refractivity contribution in [1.82, 2.24) is 10.2 Å². The van der Waals surface area contributed by atoms with Crippen LogP contribution in [0.15, 0.2) is 29.3 Å². The average Bonchev–Trinajstić information content (AvgIpc) is 2.66. The molecule has 0 saturated carbocycles. The lowest BCUT2D eigenvalue weighted by atomic mass is 9.95. The van der Waals surface area contributed by atoms with Crippen molar-refractivity contribution in [3.05, 3.63) is 35.4 Å². The Bertz CT molecular complexity index is 620. The molecule has 0 aliphatic carbocycles. The molecule has 0 radical (unpaired) electrons. The van der Waals surface area contributed by atoms with E-state index >= 15 is 0 Å². The number of ether oxygens (including phenoxy) is 2. The molecule has 6 nitrogen and oxygen atoms in total. The van der Waals surface area contributed by atoms with Crippen molar-refractivity contribution < 1.29 is 14.6 Å². The van der Waals surface area contributed by atoms with Gasteiger partial charge >= 0.3 is 0 Å².